The number of alkyl carbamates (subject to hydrolysis) is 1. The molecule has 2 amide bonds. The summed E-state index contributed by atoms with van der Waals surface area (Å²) in [6.45, 7) is 1.74. The van der Waals surface area contributed by atoms with Gasteiger partial charge in [0.2, 0.25) is 5.91 Å². The van der Waals surface area contributed by atoms with Crippen LogP contribution in [-0.2, 0) is 14.3 Å². The number of hydrogen-bond acceptors (Lipinski definition) is 4. The summed E-state index contributed by atoms with van der Waals surface area (Å²) in [5.41, 5.74) is 3.77. The van der Waals surface area contributed by atoms with Crippen molar-refractivity contribution in [3.05, 3.63) is 59.7 Å². The average Bonchev–Trinajstić information content (AvgIpc) is 3.11. The van der Waals surface area contributed by atoms with E-state index in [0.717, 1.165) is 41.5 Å². The number of aliphatic carboxylic acids is 1. The van der Waals surface area contributed by atoms with Crippen LogP contribution in [0.15, 0.2) is 48.5 Å². The quantitative estimate of drug-likeness (QED) is 0.586. The summed E-state index contributed by atoms with van der Waals surface area (Å²) in [6, 6.07) is 15.3. The molecule has 0 aromatic heterocycles. The van der Waals surface area contributed by atoms with Gasteiger partial charge in [-0.2, -0.15) is 0 Å². The molecule has 7 nitrogen and oxygen atoms in total. The maximum Gasteiger partial charge on any atom is 0.407 e. The normalized spacial score (nSPS) is 17.4. The third kappa shape index (κ3) is 5.02. The molecule has 0 saturated heterocycles. The van der Waals surface area contributed by atoms with E-state index in [0.29, 0.717) is 12.8 Å². The molecule has 2 aromatic carbocycles. The molecular formula is C26H30N2O5. The Kier molecular flexibility index (Phi) is 6.67. The van der Waals surface area contributed by atoms with Crippen molar-refractivity contribution in [2.45, 2.75) is 62.9 Å². The highest BCUT2D eigenvalue weighted by Crippen LogP contribution is 2.44. The van der Waals surface area contributed by atoms with Crippen LogP contribution in [0.25, 0.3) is 11.1 Å². The summed E-state index contributed by atoms with van der Waals surface area (Å²) in [4.78, 5) is 36.6. The van der Waals surface area contributed by atoms with Gasteiger partial charge in [0.1, 0.15) is 12.6 Å². The molecule has 2 aromatic rings. The molecule has 2 aliphatic rings. The standard InChI is InChI=1S/C26H30N2O5/c1-17(24(31)28-26(15-23(29)30)13-7-2-8-14-26)27-25(32)33-16-22-20-11-5-3-9-18(20)19-10-4-6-12-21(19)22/h3-6,9-12,17,22H,2,7-8,13-16H2,1H3,(H,27,32)(H,28,31)(H,29,30)/t17-/m1/s1. The van der Waals surface area contributed by atoms with Gasteiger partial charge in [0, 0.05) is 5.92 Å². The number of rotatable bonds is 7. The van der Waals surface area contributed by atoms with E-state index in [1.807, 2.05) is 36.4 Å². The Morgan fingerprint density at radius 3 is 2.15 bits per heavy atom. The average molecular weight is 451 g/mol. The summed E-state index contributed by atoms with van der Waals surface area (Å²) in [5, 5.41) is 14.8. The molecule has 0 radical (unpaired) electrons. The maximum absolute atomic E-state index is 12.7. The van der Waals surface area contributed by atoms with E-state index >= 15 is 0 Å². The number of carboxylic acids is 1. The number of carboxylic acid groups (broad SMARTS) is 1. The van der Waals surface area contributed by atoms with Gasteiger partial charge in [0.25, 0.3) is 0 Å². The van der Waals surface area contributed by atoms with Crippen LogP contribution in [0.3, 0.4) is 0 Å². The number of fused-ring (bicyclic) bond motifs is 3. The van der Waals surface area contributed by atoms with E-state index in [9.17, 15) is 19.5 Å². The number of carbonyl (C=O) groups is 3. The molecular weight excluding hydrogens is 420 g/mol. The van der Waals surface area contributed by atoms with E-state index in [1.165, 1.54) is 0 Å². The van der Waals surface area contributed by atoms with E-state index < -0.39 is 29.6 Å². The molecule has 0 aliphatic heterocycles. The van der Waals surface area contributed by atoms with Crippen LogP contribution in [0.2, 0.25) is 0 Å². The van der Waals surface area contributed by atoms with Crippen molar-refractivity contribution in [2.75, 3.05) is 6.61 Å². The van der Waals surface area contributed by atoms with E-state index in [2.05, 4.69) is 22.8 Å². The summed E-state index contributed by atoms with van der Waals surface area (Å²) < 4.78 is 5.52. The van der Waals surface area contributed by atoms with Crippen LogP contribution >= 0.6 is 0 Å². The van der Waals surface area contributed by atoms with E-state index in [1.54, 1.807) is 6.92 Å². The van der Waals surface area contributed by atoms with Crippen molar-refractivity contribution in [2.24, 2.45) is 0 Å². The maximum atomic E-state index is 12.7. The third-order valence-corrected chi connectivity index (χ3v) is 6.76. The summed E-state index contributed by atoms with van der Waals surface area (Å²) >= 11 is 0. The lowest BCUT2D eigenvalue weighted by Crippen LogP contribution is -2.56. The van der Waals surface area contributed by atoms with Crippen molar-refractivity contribution in [3.8, 4) is 11.1 Å². The van der Waals surface area contributed by atoms with Crippen LogP contribution in [0, 0.1) is 0 Å². The van der Waals surface area contributed by atoms with Crippen LogP contribution in [0.1, 0.15) is 62.5 Å². The van der Waals surface area contributed by atoms with Crippen LogP contribution in [0.5, 0.6) is 0 Å². The number of benzene rings is 2. The number of carbonyl (C=O) groups excluding carboxylic acids is 2. The van der Waals surface area contributed by atoms with Crippen molar-refractivity contribution < 1.29 is 24.2 Å². The molecule has 0 bridgehead atoms. The minimum Gasteiger partial charge on any atom is -0.481 e. The molecule has 33 heavy (non-hydrogen) atoms. The Balaban J connectivity index is 1.35. The van der Waals surface area contributed by atoms with Crippen LogP contribution < -0.4 is 10.6 Å². The van der Waals surface area contributed by atoms with Gasteiger partial charge in [-0.05, 0) is 42.0 Å². The molecule has 1 atom stereocenters. The zero-order valence-electron chi connectivity index (χ0n) is 18.8. The van der Waals surface area contributed by atoms with E-state index in [4.69, 9.17) is 4.74 Å². The molecule has 3 N–H and O–H groups in total. The predicted octanol–water partition coefficient (Wildman–Crippen LogP) is 4.21. The highest BCUT2D eigenvalue weighted by atomic mass is 16.5. The van der Waals surface area contributed by atoms with Gasteiger partial charge >= 0.3 is 12.1 Å². The summed E-state index contributed by atoms with van der Waals surface area (Å²) in [7, 11) is 0. The van der Waals surface area contributed by atoms with Crippen molar-refractivity contribution >= 4 is 18.0 Å². The molecule has 7 heteroatoms. The highest BCUT2D eigenvalue weighted by Gasteiger charge is 2.37. The van der Waals surface area contributed by atoms with Gasteiger partial charge in [-0.15, -0.1) is 0 Å². The van der Waals surface area contributed by atoms with Crippen molar-refractivity contribution in [3.63, 3.8) is 0 Å². The Bertz CT molecular complexity index is 999. The lowest BCUT2D eigenvalue weighted by atomic mass is 9.79. The molecule has 0 unspecified atom stereocenters. The first-order valence-electron chi connectivity index (χ1n) is 11.5. The zero-order chi connectivity index (χ0) is 23.4. The largest absolute Gasteiger partial charge is 0.481 e. The highest BCUT2D eigenvalue weighted by molar-refractivity contribution is 5.86. The van der Waals surface area contributed by atoms with Gasteiger partial charge in [-0.1, -0.05) is 67.8 Å². The summed E-state index contributed by atoms with van der Waals surface area (Å²) in [6.07, 6.45) is 3.26. The molecule has 2 aliphatic carbocycles. The smallest absolute Gasteiger partial charge is 0.407 e. The fourth-order valence-electron chi connectivity index (χ4n) is 5.12. The minimum atomic E-state index is -0.936. The molecule has 1 fully saturated rings. The number of hydrogen-bond donors (Lipinski definition) is 3. The van der Waals surface area contributed by atoms with Gasteiger partial charge in [-0.25, -0.2) is 4.79 Å². The molecule has 4 rings (SSSR count). The molecule has 1 saturated carbocycles. The first kappa shape index (κ1) is 22.8. The van der Waals surface area contributed by atoms with Gasteiger partial charge in [-0.3, -0.25) is 9.59 Å². The topological polar surface area (TPSA) is 105 Å². The number of nitrogens with one attached hydrogen (secondary N) is 2. The first-order valence-corrected chi connectivity index (χ1v) is 11.5. The van der Waals surface area contributed by atoms with Gasteiger partial charge in [0.15, 0.2) is 0 Å². The SMILES string of the molecule is C[C@@H](NC(=O)OCC1c2ccccc2-c2ccccc21)C(=O)NC1(CC(=O)O)CCCCC1. The molecule has 0 heterocycles. The minimum absolute atomic E-state index is 0.0617. The van der Waals surface area contributed by atoms with E-state index in [-0.39, 0.29) is 18.9 Å². The number of amides is 2. The Morgan fingerprint density at radius 2 is 1.58 bits per heavy atom. The Hall–Kier alpha value is -3.35. The van der Waals surface area contributed by atoms with Gasteiger partial charge in [0.05, 0.1) is 12.0 Å². The Labute approximate surface area is 193 Å². The molecule has 174 valence electrons. The second kappa shape index (κ2) is 9.65. The fourth-order valence-corrected chi connectivity index (χ4v) is 5.12. The monoisotopic (exact) mass is 450 g/mol. The van der Waals surface area contributed by atoms with Crippen molar-refractivity contribution in [1.82, 2.24) is 10.6 Å². The second-order valence-electron chi connectivity index (χ2n) is 9.09. The number of ether oxygens (including phenoxy) is 1. The van der Waals surface area contributed by atoms with Crippen LogP contribution in [-0.4, -0.2) is 41.3 Å². The van der Waals surface area contributed by atoms with Crippen molar-refractivity contribution in [1.29, 1.82) is 0 Å². The fraction of sp³-hybridized carbons (Fsp3) is 0.423. The summed E-state index contributed by atoms with van der Waals surface area (Å²) in [5.74, 6) is -1.39. The second-order valence-corrected chi connectivity index (χ2v) is 9.09. The predicted molar refractivity (Wildman–Crippen MR) is 124 cm³/mol. The Morgan fingerprint density at radius 1 is 1.00 bits per heavy atom. The lowest BCUT2D eigenvalue weighted by Gasteiger charge is -2.37. The zero-order valence-corrected chi connectivity index (χ0v) is 18.8. The first-order chi connectivity index (χ1) is 15.9. The van der Waals surface area contributed by atoms with Gasteiger partial charge < -0.3 is 20.5 Å². The van der Waals surface area contributed by atoms with Crippen LogP contribution in [0.4, 0.5) is 4.79 Å². The lowest BCUT2D eigenvalue weighted by molar-refractivity contribution is -0.139. The third-order valence-electron chi connectivity index (χ3n) is 6.76. The molecule has 0 spiro atoms.